The van der Waals surface area contributed by atoms with Gasteiger partial charge in [-0.25, -0.2) is 0 Å². The van der Waals surface area contributed by atoms with E-state index in [1.807, 2.05) is 50.2 Å². The average Bonchev–Trinajstić information content (AvgIpc) is 3.49. The summed E-state index contributed by atoms with van der Waals surface area (Å²) in [4.78, 5) is 18.0. The third-order valence-electron chi connectivity index (χ3n) is 8.02. The zero-order chi connectivity index (χ0) is 32.6. The third kappa shape index (κ3) is 8.17. The molecular weight excluding hydrogens is 625 g/mol. The van der Waals surface area contributed by atoms with E-state index in [4.69, 9.17) is 42.7 Å². The smallest absolute Gasteiger partial charge is 0.153 e. The Hall–Kier alpha value is -4.13. The van der Waals surface area contributed by atoms with E-state index in [0.717, 1.165) is 48.2 Å². The van der Waals surface area contributed by atoms with Crippen molar-refractivity contribution in [1.82, 2.24) is 9.88 Å². The van der Waals surface area contributed by atoms with Crippen LogP contribution in [0.15, 0.2) is 67.0 Å². The first-order chi connectivity index (χ1) is 22.2. The maximum absolute atomic E-state index is 11.7. The van der Waals surface area contributed by atoms with Crippen LogP contribution in [0.1, 0.15) is 52.4 Å². The van der Waals surface area contributed by atoms with Crippen molar-refractivity contribution < 1.29 is 24.1 Å². The van der Waals surface area contributed by atoms with Gasteiger partial charge in [0, 0.05) is 49.2 Å². The van der Waals surface area contributed by atoms with E-state index in [0.29, 0.717) is 46.2 Å². The Kier molecular flexibility index (Phi) is 11.2. The molecule has 0 aliphatic carbocycles. The first-order valence-electron chi connectivity index (χ1n) is 15.1. The second-order valence-corrected chi connectivity index (χ2v) is 12.2. The summed E-state index contributed by atoms with van der Waals surface area (Å²) in [6.07, 6.45) is 5.10. The SMILES string of the molecule is Cc1c(COc2cc(OCc3cncc(C#N)c3)c(C=O)cc2Cl)cccc1-c1cccc(OC(C)CCN2CCC(O)C2)c1Cl. The summed E-state index contributed by atoms with van der Waals surface area (Å²) < 4.78 is 18.3. The molecule has 1 saturated heterocycles. The van der Waals surface area contributed by atoms with Gasteiger partial charge in [0.1, 0.15) is 36.5 Å². The molecule has 0 saturated carbocycles. The Bertz CT molecular complexity index is 1740. The van der Waals surface area contributed by atoms with E-state index < -0.39 is 0 Å². The number of aldehydes is 1. The molecule has 1 aliphatic heterocycles. The summed E-state index contributed by atoms with van der Waals surface area (Å²) in [7, 11) is 0. The predicted octanol–water partition coefficient (Wildman–Crippen LogP) is 7.43. The first-order valence-corrected chi connectivity index (χ1v) is 15.8. The molecule has 46 heavy (non-hydrogen) atoms. The number of halogens is 2. The molecule has 1 aromatic heterocycles. The molecular formula is C36H35Cl2N3O5. The molecule has 5 rings (SSSR count). The van der Waals surface area contributed by atoms with Gasteiger partial charge in [-0.2, -0.15) is 5.26 Å². The number of β-amino-alcohol motifs (C(OH)–C–C–N with tert-alkyl or cyclic N) is 1. The van der Waals surface area contributed by atoms with Crippen molar-refractivity contribution in [2.45, 2.75) is 52.1 Å². The first kappa shape index (κ1) is 33.2. The van der Waals surface area contributed by atoms with Gasteiger partial charge in [-0.1, -0.05) is 53.5 Å². The van der Waals surface area contributed by atoms with Crippen molar-refractivity contribution in [1.29, 1.82) is 5.26 Å². The molecule has 1 aliphatic rings. The highest BCUT2D eigenvalue weighted by Gasteiger charge is 2.21. The Morgan fingerprint density at radius 1 is 1.07 bits per heavy atom. The lowest BCUT2D eigenvalue weighted by Gasteiger charge is -2.21. The predicted molar refractivity (Wildman–Crippen MR) is 178 cm³/mol. The fraction of sp³-hybridized carbons (Fsp3) is 0.306. The van der Waals surface area contributed by atoms with E-state index in [1.54, 1.807) is 18.3 Å². The standard InChI is InChI=1S/C36H35Cl2N3O5/c1-23(9-11-41-12-10-29(43)19-41)46-33-8-4-7-31(36(33)38)30-6-3-5-27(24(30)2)22-45-35-15-34(28(20-42)14-32(35)37)44-21-26-13-25(16-39)17-40-18-26/h3-8,13-15,17-18,20,23,29,43H,9-12,19,21-22H2,1-2H3. The summed E-state index contributed by atoms with van der Waals surface area (Å²) in [6.45, 7) is 6.85. The van der Waals surface area contributed by atoms with Gasteiger partial charge in [-0.15, -0.1) is 0 Å². The zero-order valence-electron chi connectivity index (χ0n) is 25.7. The Morgan fingerprint density at radius 3 is 2.61 bits per heavy atom. The molecule has 3 aromatic carbocycles. The van der Waals surface area contributed by atoms with Crippen LogP contribution in [-0.4, -0.2) is 53.1 Å². The van der Waals surface area contributed by atoms with Crippen LogP contribution in [0.5, 0.6) is 17.2 Å². The number of likely N-dealkylation sites (tertiary alicyclic amines) is 1. The molecule has 2 unspecified atom stereocenters. The number of nitrogens with zero attached hydrogens (tertiary/aromatic N) is 3. The van der Waals surface area contributed by atoms with Gasteiger partial charge in [-0.3, -0.25) is 9.78 Å². The highest BCUT2D eigenvalue weighted by Crippen LogP contribution is 2.39. The van der Waals surface area contributed by atoms with Crippen molar-refractivity contribution in [3.63, 3.8) is 0 Å². The number of pyridine rings is 1. The average molecular weight is 661 g/mol. The molecule has 1 fully saturated rings. The summed E-state index contributed by atoms with van der Waals surface area (Å²) in [6, 6.07) is 18.6. The fourth-order valence-electron chi connectivity index (χ4n) is 5.42. The number of hydrogen-bond donors (Lipinski definition) is 1. The monoisotopic (exact) mass is 659 g/mol. The van der Waals surface area contributed by atoms with Gasteiger partial charge in [0.25, 0.3) is 0 Å². The number of aliphatic hydroxyl groups excluding tert-OH is 1. The minimum atomic E-state index is -0.235. The van der Waals surface area contributed by atoms with E-state index in [1.165, 1.54) is 12.3 Å². The largest absolute Gasteiger partial charge is 0.489 e. The number of carbonyl (C=O) groups excluding carboxylic acids is 1. The van der Waals surface area contributed by atoms with Crippen molar-refractivity contribution in [3.8, 4) is 34.4 Å². The van der Waals surface area contributed by atoms with Crippen LogP contribution in [0.2, 0.25) is 10.0 Å². The lowest BCUT2D eigenvalue weighted by molar-refractivity contribution is 0.111. The summed E-state index contributed by atoms with van der Waals surface area (Å²) >= 11 is 13.4. The molecule has 0 bridgehead atoms. The number of ether oxygens (including phenoxy) is 3. The molecule has 1 N–H and O–H groups in total. The molecule has 0 spiro atoms. The molecule has 4 aromatic rings. The molecule has 238 valence electrons. The zero-order valence-corrected chi connectivity index (χ0v) is 27.2. The number of nitriles is 1. The number of aliphatic hydroxyl groups is 1. The molecule has 0 amide bonds. The summed E-state index contributed by atoms with van der Waals surface area (Å²) in [5.74, 6) is 1.29. The van der Waals surface area contributed by atoms with Crippen LogP contribution >= 0.6 is 23.2 Å². The Balaban J connectivity index is 1.28. The third-order valence-corrected chi connectivity index (χ3v) is 8.70. The molecule has 2 atom stereocenters. The van der Waals surface area contributed by atoms with Crippen molar-refractivity contribution in [3.05, 3.63) is 105 Å². The maximum atomic E-state index is 11.7. The lowest BCUT2D eigenvalue weighted by atomic mass is 9.96. The number of benzene rings is 3. The fourth-order valence-corrected chi connectivity index (χ4v) is 5.92. The van der Waals surface area contributed by atoms with Crippen LogP contribution < -0.4 is 14.2 Å². The van der Waals surface area contributed by atoms with E-state index in [-0.39, 0.29) is 36.0 Å². The minimum absolute atomic E-state index is 0.0464. The topological polar surface area (TPSA) is 105 Å². The molecule has 0 radical (unpaired) electrons. The highest BCUT2D eigenvalue weighted by atomic mass is 35.5. The van der Waals surface area contributed by atoms with E-state index in [9.17, 15) is 9.90 Å². The van der Waals surface area contributed by atoms with Gasteiger partial charge >= 0.3 is 0 Å². The highest BCUT2D eigenvalue weighted by molar-refractivity contribution is 6.35. The van der Waals surface area contributed by atoms with Crippen molar-refractivity contribution in [2.24, 2.45) is 0 Å². The van der Waals surface area contributed by atoms with Crippen molar-refractivity contribution in [2.75, 3.05) is 19.6 Å². The van der Waals surface area contributed by atoms with Gasteiger partial charge in [0.15, 0.2) is 6.29 Å². The molecule has 8 nitrogen and oxygen atoms in total. The number of rotatable bonds is 13. The van der Waals surface area contributed by atoms with Gasteiger partial charge < -0.3 is 24.2 Å². The lowest BCUT2D eigenvalue weighted by Crippen LogP contribution is -2.27. The van der Waals surface area contributed by atoms with E-state index >= 15 is 0 Å². The summed E-state index contributed by atoms with van der Waals surface area (Å²) in [5, 5.41) is 19.7. The van der Waals surface area contributed by atoms with Gasteiger partial charge in [-0.05, 0) is 61.6 Å². The summed E-state index contributed by atoms with van der Waals surface area (Å²) in [5.41, 5.74) is 5.11. The van der Waals surface area contributed by atoms with Crippen LogP contribution in [0.25, 0.3) is 11.1 Å². The quantitative estimate of drug-likeness (QED) is 0.148. The van der Waals surface area contributed by atoms with Crippen LogP contribution in [0, 0.1) is 18.3 Å². The minimum Gasteiger partial charge on any atom is -0.489 e. The van der Waals surface area contributed by atoms with Crippen LogP contribution in [0.3, 0.4) is 0 Å². The molecule has 10 heteroatoms. The van der Waals surface area contributed by atoms with Crippen molar-refractivity contribution >= 4 is 29.5 Å². The molecule has 2 heterocycles. The van der Waals surface area contributed by atoms with Crippen LogP contribution in [-0.2, 0) is 13.2 Å². The van der Waals surface area contributed by atoms with Gasteiger partial charge in [0.2, 0.25) is 0 Å². The Labute approximate surface area is 279 Å². The second kappa shape index (κ2) is 15.4. The number of carbonyl (C=O) groups is 1. The van der Waals surface area contributed by atoms with Crippen LogP contribution in [0.4, 0.5) is 0 Å². The normalized spacial score (nSPS) is 15.3. The maximum Gasteiger partial charge on any atom is 0.153 e. The van der Waals surface area contributed by atoms with E-state index in [2.05, 4.69) is 16.0 Å². The Morgan fingerprint density at radius 2 is 1.85 bits per heavy atom. The second-order valence-electron chi connectivity index (χ2n) is 11.4. The van der Waals surface area contributed by atoms with Gasteiger partial charge in [0.05, 0.1) is 33.4 Å². The number of hydrogen-bond acceptors (Lipinski definition) is 8. The number of aromatic nitrogens is 1.